The van der Waals surface area contributed by atoms with Gasteiger partial charge in [-0.2, -0.15) is 0 Å². The van der Waals surface area contributed by atoms with Gasteiger partial charge in [0.2, 0.25) is 0 Å². The Morgan fingerprint density at radius 3 is 2.42 bits per heavy atom. The number of furan rings is 1. The Labute approximate surface area is 154 Å². The third-order valence-electron chi connectivity index (χ3n) is 3.47. The molecule has 0 saturated heterocycles. The molecule has 6 heteroatoms. The largest absolute Gasteiger partial charge is 0.451 e. The van der Waals surface area contributed by atoms with Crippen LogP contribution in [0.15, 0.2) is 52.9 Å². The molecule has 3 rings (SSSR count). The van der Waals surface area contributed by atoms with Crippen molar-refractivity contribution in [2.45, 2.75) is 6.92 Å². The summed E-state index contributed by atoms with van der Waals surface area (Å²) in [5.74, 6) is 0.303. The summed E-state index contributed by atoms with van der Waals surface area (Å²) in [5, 5.41) is 4.32. The molecule has 3 aromatic rings. The lowest BCUT2D eigenvalue weighted by molar-refractivity contribution is 0.0997. The number of aryl methyl sites for hydroxylation is 1. The fraction of sp³-hybridized carbons (Fsp3) is 0.0556. The highest BCUT2D eigenvalue weighted by molar-refractivity contribution is 6.36. The first-order valence-corrected chi connectivity index (χ1v) is 8.20. The van der Waals surface area contributed by atoms with Gasteiger partial charge in [0.1, 0.15) is 5.76 Å². The van der Waals surface area contributed by atoms with Crippen molar-refractivity contribution in [3.63, 3.8) is 0 Å². The van der Waals surface area contributed by atoms with E-state index >= 15 is 0 Å². The lowest BCUT2D eigenvalue weighted by atomic mass is 10.2. The van der Waals surface area contributed by atoms with Crippen LogP contribution in [0.4, 0.5) is 5.69 Å². The van der Waals surface area contributed by atoms with E-state index in [1.165, 1.54) is 0 Å². The molecule has 0 spiro atoms. The monoisotopic (exact) mass is 379 g/mol. The fourth-order valence-electron chi connectivity index (χ4n) is 2.21. The van der Waals surface area contributed by atoms with Crippen molar-refractivity contribution < 1.29 is 9.21 Å². The summed E-state index contributed by atoms with van der Waals surface area (Å²) in [5.41, 5.74) is 2.20. The maximum absolute atomic E-state index is 12.4. The number of nitrogens with one attached hydrogen (secondary N) is 1. The molecule has 1 aromatic heterocycles. The molecule has 24 heavy (non-hydrogen) atoms. The number of hydrogen-bond acceptors (Lipinski definition) is 2. The Hall–Kier alpha value is -1.94. The predicted molar refractivity (Wildman–Crippen MR) is 98.3 cm³/mol. The molecule has 2 aromatic carbocycles. The number of carbonyl (C=O) groups excluding carboxylic acids is 1. The van der Waals surface area contributed by atoms with E-state index in [1.54, 1.807) is 42.5 Å². The van der Waals surface area contributed by atoms with Crippen molar-refractivity contribution in [1.29, 1.82) is 0 Å². The zero-order chi connectivity index (χ0) is 17.3. The van der Waals surface area contributed by atoms with Gasteiger partial charge in [-0.3, -0.25) is 4.79 Å². The molecule has 0 aliphatic heterocycles. The number of hydrogen-bond donors (Lipinski definition) is 1. The molecule has 0 radical (unpaired) electrons. The lowest BCUT2D eigenvalue weighted by Gasteiger charge is -2.07. The minimum atomic E-state index is -0.364. The second-order valence-electron chi connectivity index (χ2n) is 5.20. The van der Waals surface area contributed by atoms with Gasteiger partial charge in [0, 0.05) is 21.3 Å². The van der Waals surface area contributed by atoms with Crippen LogP contribution in [-0.2, 0) is 0 Å². The van der Waals surface area contributed by atoms with Gasteiger partial charge < -0.3 is 9.73 Å². The highest BCUT2D eigenvalue weighted by Crippen LogP contribution is 2.31. The van der Waals surface area contributed by atoms with Crippen molar-refractivity contribution in [1.82, 2.24) is 0 Å². The average molecular weight is 381 g/mol. The molecule has 0 aliphatic rings. The Morgan fingerprint density at radius 1 is 0.958 bits per heavy atom. The minimum Gasteiger partial charge on any atom is -0.451 e. The summed E-state index contributed by atoms with van der Waals surface area (Å²) in [7, 11) is 0. The molecule has 0 aliphatic carbocycles. The SMILES string of the molecule is Cc1ccc(Cl)cc1NC(=O)c1ccc(-c2ccc(Cl)cc2Cl)o1. The van der Waals surface area contributed by atoms with Crippen LogP contribution in [0.25, 0.3) is 11.3 Å². The summed E-state index contributed by atoms with van der Waals surface area (Å²) >= 11 is 18.0. The van der Waals surface area contributed by atoms with Gasteiger partial charge in [-0.15, -0.1) is 0 Å². The van der Waals surface area contributed by atoms with Crippen molar-refractivity contribution >= 4 is 46.4 Å². The average Bonchev–Trinajstić information content (AvgIpc) is 3.00. The Kier molecular flexibility index (Phi) is 4.86. The minimum absolute atomic E-state index is 0.176. The van der Waals surface area contributed by atoms with Crippen molar-refractivity contribution in [2.75, 3.05) is 5.32 Å². The first-order valence-electron chi connectivity index (χ1n) is 7.07. The summed E-state index contributed by atoms with van der Waals surface area (Å²) in [6, 6.07) is 13.6. The summed E-state index contributed by atoms with van der Waals surface area (Å²) < 4.78 is 5.62. The highest BCUT2D eigenvalue weighted by atomic mass is 35.5. The zero-order valence-corrected chi connectivity index (χ0v) is 14.8. The number of carbonyl (C=O) groups is 1. The maximum atomic E-state index is 12.4. The second kappa shape index (κ2) is 6.89. The molecule has 122 valence electrons. The van der Waals surface area contributed by atoms with Crippen LogP contribution in [0.5, 0.6) is 0 Å². The van der Waals surface area contributed by atoms with E-state index in [4.69, 9.17) is 39.2 Å². The summed E-state index contributed by atoms with van der Waals surface area (Å²) in [4.78, 5) is 12.4. The van der Waals surface area contributed by atoms with E-state index in [0.29, 0.717) is 32.1 Å². The number of halogens is 3. The van der Waals surface area contributed by atoms with Gasteiger partial charge in [0.05, 0.1) is 5.02 Å². The van der Waals surface area contributed by atoms with Crippen LogP contribution in [0.3, 0.4) is 0 Å². The molecule has 0 bridgehead atoms. The molecular formula is C18H12Cl3NO2. The van der Waals surface area contributed by atoms with Gasteiger partial charge >= 0.3 is 0 Å². The van der Waals surface area contributed by atoms with E-state index < -0.39 is 0 Å². The van der Waals surface area contributed by atoms with E-state index in [9.17, 15) is 4.79 Å². The van der Waals surface area contributed by atoms with Gasteiger partial charge in [0.25, 0.3) is 5.91 Å². The van der Waals surface area contributed by atoms with Gasteiger partial charge in [-0.1, -0.05) is 40.9 Å². The van der Waals surface area contributed by atoms with Crippen LogP contribution in [0, 0.1) is 6.92 Å². The molecule has 0 atom stereocenters. The molecule has 1 heterocycles. The van der Waals surface area contributed by atoms with E-state index in [1.807, 2.05) is 13.0 Å². The number of anilines is 1. The molecule has 0 unspecified atom stereocenters. The molecule has 1 N–H and O–H groups in total. The van der Waals surface area contributed by atoms with Crippen LogP contribution >= 0.6 is 34.8 Å². The molecule has 0 saturated carbocycles. The first kappa shape index (κ1) is 16.9. The van der Waals surface area contributed by atoms with E-state index in [-0.39, 0.29) is 11.7 Å². The quantitative estimate of drug-likeness (QED) is 0.566. The summed E-state index contributed by atoms with van der Waals surface area (Å²) in [6.07, 6.45) is 0. The Morgan fingerprint density at radius 2 is 1.67 bits per heavy atom. The van der Waals surface area contributed by atoms with Crippen molar-refractivity contribution in [3.05, 3.63) is 74.9 Å². The number of amides is 1. The smallest absolute Gasteiger partial charge is 0.291 e. The van der Waals surface area contributed by atoms with Gasteiger partial charge in [0.15, 0.2) is 5.76 Å². The van der Waals surface area contributed by atoms with E-state index in [0.717, 1.165) is 5.56 Å². The first-order chi connectivity index (χ1) is 11.4. The van der Waals surface area contributed by atoms with E-state index in [2.05, 4.69) is 5.32 Å². The van der Waals surface area contributed by atoms with Crippen molar-refractivity contribution in [3.8, 4) is 11.3 Å². The molecule has 0 fully saturated rings. The fourth-order valence-corrected chi connectivity index (χ4v) is 2.88. The lowest BCUT2D eigenvalue weighted by Crippen LogP contribution is -2.11. The van der Waals surface area contributed by atoms with Crippen LogP contribution in [-0.4, -0.2) is 5.91 Å². The Bertz CT molecular complexity index is 918. The zero-order valence-electron chi connectivity index (χ0n) is 12.6. The Balaban J connectivity index is 1.85. The summed E-state index contributed by atoms with van der Waals surface area (Å²) in [6.45, 7) is 1.88. The normalized spacial score (nSPS) is 10.7. The second-order valence-corrected chi connectivity index (χ2v) is 6.48. The molecule has 1 amide bonds. The number of rotatable bonds is 3. The van der Waals surface area contributed by atoms with Gasteiger partial charge in [-0.25, -0.2) is 0 Å². The molecule has 3 nitrogen and oxygen atoms in total. The predicted octanol–water partition coefficient (Wildman–Crippen LogP) is 6.47. The third kappa shape index (κ3) is 3.59. The topological polar surface area (TPSA) is 42.2 Å². The third-order valence-corrected chi connectivity index (χ3v) is 4.26. The van der Waals surface area contributed by atoms with Crippen LogP contribution in [0.1, 0.15) is 16.1 Å². The highest BCUT2D eigenvalue weighted by Gasteiger charge is 2.15. The van der Waals surface area contributed by atoms with Crippen LogP contribution in [0.2, 0.25) is 15.1 Å². The van der Waals surface area contributed by atoms with Gasteiger partial charge in [-0.05, 0) is 55.0 Å². The standard InChI is InChI=1S/C18H12Cl3NO2/c1-10-2-3-12(20)9-15(10)22-18(23)17-7-6-16(24-17)13-5-4-11(19)8-14(13)21/h2-9H,1H3,(H,22,23). The maximum Gasteiger partial charge on any atom is 0.291 e. The molecular weight excluding hydrogens is 369 g/mol. The number of benzene rings is 2. The van der Waals surface area contributed by atoms with Crippen LogP contribution < -0.4 is 5.32 Å². The van der Waals surface area contributed by atoms with Crippen molar-refractivity contribution in [2.24, 2.45) is 0 Å².